The van der Waals surface area contributed by atoms with E-state index >= 15 is 0 Å². The van der Waals surface area contributed by atoms with Gasteiger partial charge in [0.05, 0.1) is 19.1 Å². The van der Waals surface area contributed by atoms with Crippen molar-refractivity contribution < 1.29 is 33.4 Å². The van der Waals surface area contributed by atoms with Crippen molar-refractivity contribution in [3.05, 3.63) is 54.9 Å². The number of esters is 1. The fourth-order valence-corrected chi connectivity index (χ4v) is 4.41. The number of anilines is 1. The number of benzene rings is 2. The van der Waals surface area contributed by atoms with Crippen molar-refractivity contribution in [1.82, 2.24) is 4.90 Å². The second-order valence-corrected chi connectivity index (χ2v) is 9.81. The lowest BCUT2D eigenvalue weighted by molar-refractivity contribution is -0.143. The predicted molar refractivity (Wildman–Crippen MR) is 139 cm³/mol. The van der Waals surface area contributed by atoms with Crippen LogP contribution in [-0.4, -0.2) is 55.3 Å². The van der Waals surface area contributed by atoms with Crippen LogP contribution in [0.2, 0.25) is 0 Å². The van der Waals surface area contributed by atoms with Crippen molar-refractivity contribution in [3.63, 3.8) is 0 Å². The van der Waals surface area contributed by atoms with Crippen molar-refractivity contribution >= 4 is 85.1 Å². The maximum atomic E-state index is 12.8. The van der Waals surface area contributed by atoms with Crippen molar-refractivity contribution in [1.29, 1.82) is 0 Å². The van der Waals surface area contributed by atoms with Gasteiger partial charge < -0.3 is 19.5 Å². The quantitative estimate of drug-likeness (QED) is 0.254. The number of methoxy groups -OCH3 is 2. The Hall–Kier alpha value is -2.58. The summed E-state index contributed by atoms with van der Waals surface area (Å²) in [6, 6.07) is 10.3. The molecule has 0 radical (unpaired) electrons. The molecule has 3 amide bonds. The molecule has 0 saturated carbocycles. The van der Waals surface area contributed by atoms with E-state index in [9.17, 15) is 19.2 Å². The number of nitrogens with zero attached hydrogens (tertiary/aromatic N) is 1. The molecule has 0 aromatic heterocycles. The van der Waals surface area contributed by atoms with Crippen molar-refractivity contribution in [2.45, 2.75) is 0 Å². The van der Waals surface area contributed by atoms with Crippen LogP contribution in [0.1, 0.15) is 5.56 Å². The minimum Gasteiger partial charge on any atom is -0.493 e. The van der Waals surface area contributed by atoms with Crippen LogP contribution < -0.4 is 14.8 Å². The van der Waals surface area contributed by atoms with Crippen LogP contribution in [-0.2, 0) is 19.1 Å². The Morgan fingerprint density at radius 1 is 1.15 bits per heavy atom. The minimum absolute atomic E-state index is 0.151. The summed E-state index contributed by atoms with van der Waals surface area (Å²) in [5.74, 6) is -1.02. The number of carbonyl (C=O) groups is 4. The summed E-state index contributed by atoms with van der Waals surface area (Å²) in [6.07, 6.45) is 1.51. The fourth-order valence-electron chi connectivity index (χ4n) is 2.78. The van der Waals surface area contributed by atoms with E-state index in [-0.39, 0.29) is 17.3 Å². The number of ether oxygens (including phenoxy) is 3. The predicted octanol–water partition coefficient (Wildman–Crippen LogP) is 4.29. The zero-order chi connectivity index (χ0) is 24.8. The molecule has 0 bridgehead atoms. The Balaban J connectivity index is 1.74. The van der Waals surface area contributed by atoms with Crippen LogP contribution in [0.3, 0.4) is 0 Å². The first kappa shape index (κ1) is 26.0. The van der Waals surface area contributed by atoms with Gasteiger partial charge in [-0.3, -0.25) is 19.3 Å². The highest BCUT2D eigenvalue weighted by Crippen LogP contribution is 2.38. The Kier molecular flexibility index (Phi) is 8.97. The average molecular weight is 661 g/mol. The Bertz CT molecular complexity index is 1170. The van der Waals surface area contributed by atoms with E-state index in [2.05, 4.69) is 48.6 Å². The number of thioether (sulfide) groups is 1. The first-order valence-corrected chi connectivity index (χ1v) is 12.3. The van der Waals surface area contributed by atoms with Gasteiger partial charge >= 0.3 is 5.97 Å². The number of hydrogen-bond acceptors (Lipinski definition) is 8. The zero-order valence-corrected chi connectivity index (χ0v) is 22.5. The topological polar surface area (TPSA) is 111 Å². The molecular weight excluding hydrogens is 643 g/mol. The van der Waals surface area contributed by atoms with E-state index in [0.717, 1.165) is 20.2 Å². The molecule has 1 aliphatic heterocycles. The lowest BCUT2D eigenvalue weighted by Crippen LogP contribution is -2.36. The monoisotopic (exact) mass is 660 g/mol. The second-order valence-electron chi connectivity index (χ2n) is 6.71. The average Bonchev–Trinajstić information content (AvgIpc) is 3.07. The number of imide groups is 1. The van der Waals surface area contributed by atoms with Gasteiger partial charge in [-0.1, -0.05) is 15.9 Å². The summed E-state index contributed by atoms with van der Waals surface area (Å²) in [4.78, 5) is 49.9. The van der Waals surface area contributed by atoms with E-state index < -0.39 is 29.6 Å². The Morgan fingerprint density at radius 3 is 2.50 bits per heavy atom. The zero-order valence-electron chi connectivity index (χ0n) is 17.9. The van der Waals surface area contributed by atoms with Gasteiger partial charge in [0.2, 0.25) is 5.91 Å². The van der Waals surface area contributed by atoms with Gasteiger partial charge in [0, 0.05) is 13.7 Å². The van der Waals surface area contributed by atoms with Crippen molar-refractivity contribution in [2.24, 2.45) is 0 Å². The molecule has 1 saturated heterocycles. The minimum atomic E-state index is -0.579. The second kappa shape index (κ2) is 11.7. The molecule has 0 atom stereocenters. The molecule has 2 aromatic rings. The van der Waals surface area contributed by atoms with E-state index in [1.165, 1.54) is 20.3 Å². The lowest BCUT2D eigenvalue weighted by Gasteiger charge is -2.13. The van der Waals surface area contributed by atoms with Gasteiger partial charge in [0.1, 0.15) is 6.54 Å². The first-order valence-electron chi connectivity index (χ1n) is 9.59. The Labute approximate surface area is 221 Å². The van der Waals surface area contributed by atoms with E-state index in [1.54, 1.807) is 24.3 Å². The highest BCUT2D eigenvalue weighted by molar-refractivity contribution is 14.1. The molecule has 0 spiro atoms. The summed E-state index contributed by atoms with van der Waals surface area (Å²) in [5, 5.41) is 2.12. The van der Waals surface area contributed by atoms with Gasteiger partial charge in [0.15, 0.2) is 18.1 Å². The SMILES string of the molecule is COC(=O)COc1cc(Br)c(/C=C2/SC(=O)N(CC(=O)Nc3ccc(I)cc3)C2=O)cc1OC. The molecule has 9 nitrogen and oxygen atoms in total. The third kappa shape index (κ3) is 6.51. The highest BCUT2D eigenvalue weighted by atomic mass is 127. The third-order valence-corrected chi connectivity index (χ3v) is 6.76. The summed E-state index contributed by atoms with van der Waals surface area (Å²) in [6.45, 7) is -0.708. The van der Waals surface area contributed by atoms with Crippen LogP contribution >= 0.6 is 50.3 Å². The van der Waals surface area contributed by atoms with Crippen LogP contribution in [0.25, 0.3) is 6.08 Å². The highest BCUT2D eigenvalue weighted by Gasteiger charge is 2.36. The standard InChI is InChI=1S/C22H18BrIN2O7S/c1-31-16-7-12(15(23)9-17(16)33-11-20(28)32-2)8-18-21(29)26(22(30)34-18)10-19(27)25-14-5-3-13(24)4-6-14/h3-9H,10-11H2,1-2H3,(H,25,27)/b18-8+. The van der Waals surface area contributed by atoms with Crippen LogP contribution in [0.4, 0.5) is 10.5 Å². The fraction of sp³-hybridized carbons (Fsp3) is 0.182. The molecular formula is C22H18BrIN2O7S. The number of rotatable bonds is 8. The number of amides is 3. The molecule has 3 rings (SSSR count). The first-order chi connectivity index (χ1) is 16.2. The van der Waals surface area contributed by atoms with E-state index in [0.29, 0.717) is 21.5 Å². The maximum Gasteiger partial charge on any atom is 0.343 e. The third-order valence-electron chi connectivity index (χ3n) is 4.45. The summed E-state index contributed by atoms with van der Waals surface area (Å²) >= 11 is 6.28. The maximum absolute atomic E-state index is 12.8. The molecule has 2 aromatic carbocycles. The summed E-state index contributed by atoms with van der Waals surface area (Å²) < 4.78 is 16.8. The molecule has 1 fully saturated rings. The van der Waals surface area contributed by atoms with Gasteiger partial charge in [-0.05, 0) is 82.4 Å². The van der Waals surface area contributed by atoms with Crippen molar-refractivity contribution in [2.75, 3.05) is 32.7 Å². The van der Waals surface area contributed by atoms with Gasteiger partial charge in [-0.15, -0.1) is 0 Å². The van der Waals surface area contributed by atoms with Gasteiger partial charge in [0.25, 0.3) is 11.1 Å². The molecule has 34 heavy (non-hydrogen) atoms. The van der Waals surface area contributed by atoms with E-state index in [1.807, 2.05) is 12.1 Å². The van der Waals surface area contributed by atoms with Crippen LogP contribution in [0.15, 0.2) is 45.8 Å². The van der Waals surface area contributed by atoms with E-state index in [4.69, 9.17) is 9.47 Å². The van der Waals surface area contributed by atoms with Crippen LogP contribution in [0, 0.1) is 3.57 Å². The number of carbonyl (C=O) groups excluding carboxylic acids is 4. The van der Waals surface area contributed by atoms with Crippen LogP contribution in [0.5, 0.6) is 11.5 Å². The number of hydrogen-bond donors (Lipinski definition) is 1. The molecule has 178 valence electrons. The molecule has 12 heteroatoms. The largest absolute Gasteiger partial charge is 0.493 e. The molecule has 1 N–H and O–H groups in total. The summed E-state index contributed by atoms with van der Waals surface area (Å²) in [5.41, 5.74) is 1.11. The molecule has 1 aliphatic rings. The van der Waals surface area contributed by atoms with Crippen molar-refractivity contribution in [3.8, 4) is 11.5 Å². The lowest BCUT2D eigenvalue weighted by atomic mass is 10.2. The van der Waals surface area contributed by atoms with Gasteiger partial charge in [-0.2, -0.15) is 0 Å². The van der Waals surface area contributed by atoms with Gasteiger partial charge in [-0.25, -0.2) is 4.79 Å². The number of nitrogens with one attached hydrogen (secondary N) is 1. The normalized spacial score (nSPS) is 14.4. The molecule has 1 heterocycles. The molecule has 0 aliphatic carbocycles. The smallest absolute Gasteiger partial charge is 0.343 e. The number of halogens is 2. The summed E-state index contributed by atoms with van der Waals surface area (Å²) in [7, 11) is 2.68. The Morgan fingerprint density at radius 2 is 1.85 bits per heavy atom. The molecule has 0 unspecified atom stereocenters.